The molecule has 1 amide bonds. The van der Waals surface area contributed by atoms with E-state index in [9.17, 15) is 4.79 Å². The monoisotopic (exact) mass is 330 g/mol. The van der Waals surface area contributed by atoms with Crippen molar-refractivity contribution < 1.29 is 4.79 Å². The van der Waals surface area contributed by atoms with Crippen LogP contribution in [0.2, 0.25) is 0 Å². The molecule has 0 spiro atoms. The molecular formula is C13H19BrN2OS. The molecule has 2 rings (SSSR count). The Morgan fingerprint density at radius 3 is 3.06 bits per heavy atom. The molecule has 1 atom stereocenters. The summed E-state index contributed by atoms with van der Waals surface area (Å²) in [5.41, 5.74) is 0. The van der Waals surface area contributed by atoms with Crippen molar-refractivity contribution >= 4 is 33.2 Å². The fraction of sp³-hybridized carbons (Fsp3) is 0.615. The van der Waals surface area contributed by atoms with Gasteiger partial charge in [0.2, 0.25) is 5.91 Å². The lowest BCUT2D eigenvalue weighted by Gasteiger charge is -2.19. The number of nitrogens with zero attached hydrogens (tertiary/aromatic N) is 1. The van der Waals surface area contributed by atoms with Gasteiger partial charge in [-0.05, 0) is 53.9 Å². The van der Waals surface area contributed by atoms with Gasteiger partial charge in [-0.2, -0.15) is 0 Å². The molecule has 1 saturated heterocycles. The predicted octanol–water partition coefficient (Wildman–Crippen LogP) is 2.65. The summed E-state index contributed by atoms with van der Waals surface area (Å²) >= 11 is 5.20. The standard InChI is InChI=1S/C13H19BrN2OS/c1-16(8-6-11-4-5-12(14)18-11)13(17)9-10-3-2-7-15-10/h4-5,10,15H,2-3,6-9H2,1H3. The molecule has 1 aliphatic heterocycles. The lowest BCUT2D eigenvalue weighted by atomic mass is 10.1. The molecular weight excluding hydrogens is 312 g/mol. The first-order chi connectivity index (χ1) is 8.65. The Labute approximate surface area is 121 Å². The van der Waals surface area contributed by atoms with E-state index in [0.29, 0.717) is 12.5 Å². The second kappa shape index (κ2) is 6.68. The van der Waals surface area contributed by atoms with Gasteiger partial charge in [0, 0.05) is 30.9 Å². The zero-order valence-electron chi connectivity index (χ0n) is 10.6. The fourth-order valence-electron chi connectivity index (χ4n) is 2.19. The number of halogens is 1. The summed E-state index contributed by atoms with van der Waals surface area (Å²) in [6.07, 6.45) is 3.92. The molecule has 0 saturated carbocycles. The molecule has 5 heteroatoms. The van der Waals surface area contributed by atoms with Crippen LogP contribution in [-0.4, -0.2) is 37.0 Å². The first-order valence-electron chi connectivity index (χ1n) is 6.36. The Morgan fingerprint density at radius 1 is 1.61 bits per heavy atom. The van der Waals surface area contributed by atoms with Crippen LogP contribution in [0.25, 0.3) is 0 Å². The minimum atomic E-state index is 0.255. The van der Waals surface area contributed by atoms with Crippen molar-refractivity contribution in [1.82, 2.24) is 10.2 Å². The largest absolute Gasteiger partial charge is 0.345 e. The Bertz CT molecular complexity index is 401. The number of hydrogen-bond donors (Lipinski definition) is 1. The fourth-order valence-corrected chi connectivity index (χ4v) is 3.66. The molecule has 1 aromatic rings. The molecule has 1 fully saturated rings. The Hall–Kier alpha value is -0.390. The van der Waals surface area contributed by atoms with Gasteiger partial charge < -0.3 is 10.2 Å². The van der Waals surface area contributed by atoms with Crippen LogP contribution in [0.1, 0.15) is 24.1 Å². The van der Waals surface area contributed by atoms with Gasteiger partial charge in [-0.15, -0.1) is 11.3 Å². The van der Waals surface area contributed by atoms with Crippen LogP contribution < -0.4 is 5.32 Å². The lowest BCUT2D eigenvalue weighted by Crippen LogP contribution is -2.34. The maximum atomic E-state index is 12.0. The molecule has 0 bridgehead atoms. The number of amides is 1. The van der Waals surface area contributed by atoms with E-state index in [4.69, 9.17) is 0 Å². The van der Waals surface area contributed by atoms with Crippen molar-refractivity contribution in [3.05, 3.63) is 20.8 Å². The molecule has 1 N–H and O–H groups in total. The van der Waals surface area contributed by atoms with Crippen molar-refractivity contribution in [2.45, 2.75) is 31.7 Å². The molecule has 0 radical (unpaired) electrons. The van der Waals surface area contributed by atoms with Crippen molar-refractivity contribution in [3.8, 4) is 0 Å². The van der Waals surface area contributed by atoms with Crippen LogP contribution in [-0.2, 0) is 11.2 Å². The third kappa shape index (κ3) is 4.07. The van der Waals surface area contributed by atoms with E-state index in [1.165, 1.54) is 11.3 Å². The summed E-state index contributed by atoms with van der Waals surface area (Å²) < 4.78 is 1.15. The van der Waals surface area contributed by atoms with Gasteiger partial charge in [0.1, 0.15) is 0 Å². The summed E-state index contributed by atoms with van der Waals surface area (Å²) in [6.45, 7) is 1.86. The van der Waals surface area contributed by atoms with Crippen LogP contribution in [0.5, 0.6) is 0 Å². The first kappa shape index (κ1) is 14.0. The highest BCUT2D eigenvalue weighted by atomic mass is 79.9. The van der Waals surface area contributed by atoms with E-state index in [-0.39, 0.29) is 5.91 Å². The SMILES string of the molecule is CN(CCc1ccc(Br)s1)C(=O)CC1CCCN1. The predicted molar refractivity (Wildman–Crippen MR) is 79.0 cm³/mol. The van der Waals surface area contributed by atoms with Crippen LogP contribution in [0, 0.1) is 0 Å². The Morgan fingerprint density at radius 2 is 2.44 bits per heavy atom. The third-order valence-corrected chi connectivity index (χ3v) is 5.02. The summed E-state index contributed by atoms with van der Waals surface area (Å²) in [6, 6.07) is 4.58. The number of likely N-dealkylation sites (N-methyl/N-ethyl adjacent to an activating group) is 1. The van der Waals surface area contributed by atoms with Crippen molar-refractivity contribution in [1.29, 1.82) is 0 Å². The van der Waals surface area contributed by atoms with Crippen LogP contribution in [0.15, 0.2) is 15.9 Å². The highest BCUT2D eigenvalue weighted by Gasteiger charge is 2.19. The molecule has 2 heterocycles. The molecule has 1 aromatic heterocycles. The van der Waals surface area contributed by atoms with E-state index < -0.39 is 0 Å². The lowest BCUT2D eigenvalue weighted by molar-refractivity contribution is -0.130. The van der Waals surface area contributed by atoms with E-state index in [1.54, 1.807) is 11.3 Å². The van der Waals surface area contributed by atoms with Gasteiger partial charge in [-0.1, -0.05) is 0 Å². The van der Waals surface area contributed by atoms with Gasteiger partial charge >= 0.3 is 0 Å². The molecule has 0 aliphatic carbocycles. The van der Waals surface area contributed by atoms with Crippen molar-refractivity contribution in [2.75, 3.05) is 20.1 Å². The second-order valence-corrected chi connectivity index (χ2v) is 7.32. The molecule has 1 aliphatic rings. The first-order valence-corrected chi connectivity index (χ1v) is 7.97. The molecule has 100 valence electrons. The van der Waals surface area contributed by atoms with Gasteiger partial charge in [0.05, 0.1) is 3.79 Å². The Balaban J connectivity index is 1.73. The van der Waals surface area contributed by atoms with Crippen molar-refractivity contribution in [2.24, 2.45) is 0 Å². The molecule has 3 nitrogen and oxygen atoms in total. The van der Waals surface area contributed by atoms with E-state index in [0.717, 1.165) is 29.7 Å². The highest BCUT2D eigenvalue weighted by molar-refractivity contribution is 9.11. The quantitative estimate of drug-likeness (QED) is 0.900. The number of carbonyl (C=O) groups is 1. The van der Waals surface area contributed by atoms with Crippen molar-refractivity contribution in [3.63, 3.8) is 0 Å². The average molecular weight is 331 g/mol. The number of nitrogens with one attached hydrogen (secondary N) is 1. The zero-order chi connectivity index (χ0) is 13.0. The van der Waals surface area contributed by atoms with Crippen LogP contribution >= 0.6 is 27.3 Å². The summed E-state index contributed by atoms with van der Waals surface area (Å²) in [4.78, 5) is 15.2. The molecule has 1 unspecified atom stereocenters. The normalized spacial score (nSPS) is 19.1. The summed E-state index contributed by atoms with van der Waals surface area (Å²) in [7, 11) is 1.90. The minimum Gasteiger partial charge on any atom is -0.345 e. The minimum absolute atomic E-state index is 0.255. The topological polar surface area (TPSA) is 32.3 Å². The number of hydrogen-bond acceptors (Lipinski definition) is 3. The maximum absolute atomic E-state index is 12.0. The molecule has 18 heavy (non-hydrogen) atoms. The van der Waals surface area contributed by atoms with Gasteiger partial charge in [-0.3, -0.25) is 4.79 Å². The third-order valence-electron chi connectivity index (χ3n) is 3.33. The van der Waals surface area contributed by atoms with Crippen LogP contribution in [0.3, 0.4) is 0 Å². The number of thiophene rings is 1. The smallest absolute Gasteiger partial charge is 0.223 e. The Kier molecular flexibility index (Phi) is 5.21. The average Bonchev–Trinajstić information content (AvgIpc) is 2.97. The van der Waals surface area contributed by atoms with Gasteiger partial charge in [-0.25, -0.2) is 0 Å². The summed E-state index contributed by atoms with van der Waals surface area (Å²) in [5, 5.41) is 3.37. The highest BCUT2D eigenvalue weighted by Crippen LogP contribution is 2.22. The van der Waals surface area contributed by atoms with E-state index >= 15 is 0 Å². The van der Waals surface area contributed by atoms with E-state index in [1.807, 2.05) is 11.9 Å². The van der Waals surface area contributed by atoms with Crippen LogP contribution in [0.4, 0.5) is 0 Å². The zero-order valence-corrected chi connectivity index (χ0v) is 13.0. The summed E-state index contributed by atoms with van der Waals surface area (Å²) in [5.74, 6) is 0.255. The van der Waals surface area contributed by atoms with Gasteiger partial charge in [0.15, 0.2) is 0 Å². The van der Waals surface area contributed by atoms with E-state index in [2.05, 4.69) is 33.4 Å². The van der Waals surface area contributed by atoms with Gasteiger partial charge in [0.25, 0.3) is 0 Å². The second-order valence-electron chi connectivity index (χ2n) is 4.77. The maximum Gasteiger partial charge on any atom is 0.223 e. The number of carbonyl (C=O) groups excluding carboxylic acids is 1. The molecule has 0 aromatic carbocycles. The number of rotatable bonds is 5.